The van der Waals surface area contributed by atoms with Gasteiger partial charge in [-0.3, -0.25) is 9.78 Å². The minimum absolute atomic E-state index is 0.663. The molecule has 1 heterocycles. The van der Waals surface area contributed by atoms with Crippen LogP contribution in [-0.2, 0) is 10.2 Å². The zero-order valence-corrected chi connectivity index (χ0v) is 9.34. The summed E-state index contributed by atoms with van der Waals surface area (Å²) in [7, 11) is 0. The number of carboxylic acid groups (broad SMARTS) is 1. The van der Waals surface area contributed by atoms with Crippen molar-refractivity contribution in [3.05, 3.63) is 28.0 Å². The van der Waals surface area contributed by atoms with Crippen LogP contribution in [0.4, 0.5) is 0 Å². The van der Waals surface area contributed by atoms with E-state index >= 15 is 0 Å². The Morgan fingerprint density at radius 1 is 1.64 bits per heavy atom. The Balaban J connectivity index is 2.47. The van der Waals surface area contributed by atoms with E-state index in [-0.39, 0.29) is 0 Å². The van der Waals surface area contributed by atoms with E-state index in [2.05, 4.69) is 20.9 Å². The van der Waals surface area contributed by atoms with E-state index in [0.717, 1.165) is 10.0 Å². The summed E-state index contributed by atoms with van der Waals surface area (Å²) in [5, 5.41) is 9.09. The molecule has 2 rings (SSSR count). The number of hydrogen-bond donors (Lipinski definition) is 1. The van der Waals surface area contributed by atoms with Gasteiger partial charge in [0, 0.05) is 10.7 Å². The standard InChI is InChI=1S/C10H10BrNO2/c1-6-4-7(11)8(12-5-6)10(2-3-10)9(13)14/h4-5H,2-3H2,1H3,(H,13,14). The van der Waals surface area contributed by atoms with Gasteiger partial charge >= 0.3 is 5.97 Å². The van der Waals surface area contributed by atoms with E-state index in [9.17, 15) is 4.79 Å². The molecule has 0 unspecified atom stereocenters. The van der Waals surface area contributed by atoms with Gasteiger partial charge in [0.25, 0.3) is 0 Å². The number of carbonyl (C=O) groups is 1. The van der Waals surface area contributed by atoms with Crippen LogP contribution in [-0.4, -0.2) is 16.1 Å². The summed E-state index contributed by atoms with van der Waals surface area (Å²) in [6, 6.07) is 1.91. The van der Waals surface area contributed by atoms with Gasteiger partial charge < -0.3 is 5.11 Å². The van der Waals surface area contributed by atoms with E-state index in [1.54, 1.807) is 6.20 Å². The molecule has 1 aliphatic carbocycles. The van der Waals surface area contributed by atoms with E-state index in [4.69, 9.17) is 5.11 Å². The van der Waals surface area contributed by atoms with E-state index in [1.807, 2.05) is 13.0 Å². The van der Waals surface area contributed by atoms with Gasteiger partial charge in [-0.25, -0.2) is 0 Å². The molecule has 0 spiro atoms. The molecule has 1 N–H and O–H groups in total. The molecule has 4 heteroatoms. The fraction of sp³-hybridized carbons (Fsp3) is 0.400. The largest absolute Gasteiger partial charge is 0.481 e. The van der Waals surface area contributed by atoms with Gasteiger partial charge in [-0.05, 0) is 47.3 Å². The molecule has 1 aliphatic rings. The van der Waals surface area contributed by atoms with Crippen LogP contribution in [0.3, 0.4) is 0 Å². The number of aromatic nitrogens is 1. The fourth-order valence-corrected chi connectivity index (χ4v) is 2.41. The van der Waals surface area contributed by atoms with Gasteiger partial charge in [-0.1, -0.05) is 0 Å². The molecule has 74 valence electrons. The molecule has 0 aromatic carbocycles. The summed E-state index contributed by atoms with van der Waals surface area (Å²) in [4.78, 5) is 15.3. The number of nitrogens with zero attached hydrogens (tertiary/aromatic N) is 1. The third-order valence-electron chi connectivity index (χ3n) is 2.59. The number of hydrogen-bond acceptors (Lipinski definition) is 2. The van der Waals surface area contributed by atoms with E-state index < -0.39 is 11.4 Å². The molecule has 0 amide bonds. The van der Waals surface area contributed by atoms with Gasteiger partial charge in [0.2, 0.25) is 0 Å². The second kappa shape index (κ2) is 3.05. The van der Waals surface area contributed by atoms with Crippen molar-refractivity contribution in [2.75, 3.05) is 0 Å². The van der Waals surface area contributed by atoms with Crippen LogP contribution in [0.1, 0.15) is 24.1 Å². The lowest BCUT2D eigenvalue weighted by atomic mass is 10.0. The molecular weight excluding hydrogens is 246 g/mol. The Bertz CT molecular complexity index is 399. The third-order valence-corrected chi connectivity index (χ3v) is 3.20. The smallest absolute Gasteiger partial charge is 0.315 e. The van der Waals surface area contributed by atoms with Gasteiger partial charge in [-0.15, -0.1) is 0 Å². The highest BCUT2D eigenvalue weighted by Gasteiger charge is 2.54. The van der Waals surface area contributed by atoms with Crippen molar-refractivity contribution >= 4 is 21.9 Å². The summed E-state index contributed by atoms with van der Waals surface area (Å²) in [5.41, 5.74) is 0.976. The van der Waals surface area contributed by atoms with Gasteiger partial charge in [0.15, 0.2) is 0 Å². The van der Waals surface area contributed by atoms with Crippen LogP contribution in [0.15, 0.2) is 16.7 Å². The number of rotatable bonds is 2. The van der Waals surface area contributed by atoms with Crippen molar-refractivity contribution in [1.82, 2.24) is 4.98 Å². The van der Waals surface area contributed by atoms with Crippen molar-refractivity contribution in [2.45, 2.75) is 25.2 Å². The lowest BCUT2D eigenvalue weighted by Crippen LogP contribution is -2.21. The zero-order valence-electron chi connectivity index (χ0n) is 7.75. The zero-order chi connectivity index (χ0) is 10.3. The minimum atomic E-state index is -0.769. The lowest BCUT2D eigenvalue weighted by Gasteiger charge is -2.11. The van der Waals surface area contributed by atoms with Gasteiger partial charge in [-0.2, -0.15) is 0 Å². The molecule has 1 aromatic heterocycles. The fourth-order valence-electron chi connectivity index (χ4n) is 1.56. The first-order valence-corrected chi connectivity index (χ1v) is 5.21. The molecule has 1 aromatic rings. The van der Waals surface area contributed by atoms with Crippen molar-refractivity contribution in [1.29, 1.82) is 0 Å². The number of aryl methyl sites for hydroxylation is 1. The van der Waals surface area contributed by atoms with Crippen molar-refractivity contribution in [3.63, 3.8) is 0 Å². The summed E-state index contributed by atoms with van der Waals surface area (Å²) >= 11 is 3.37. The molecule has 0 saturated heterocycles. The molecule has 14 heavy (non-hydrogen) atoms. The van der Waals surface area contributed by atoms with E-state index in [0.29, 0.717) is 18.5 Å². The maximum absolute atomic E-state index is 11.1. The number of aliphatic carboxylic acids is 1. The highest BCUT2D eigenvalue weighted by Crippen LogP contribution is 2.49. The Morgan fingerprint density at radius 2 is 2.29 bits per heavy atom. The summed E-state index contributed by atoms with van der Waals surface area (Å²) in [6.07, 6.45) is 3.09. The maximum atomic E-state index is 11.1. The first-order valence-electron chi connectivity index (χ1n) is 4.42. The predicted molar refractivity (Wildman–Crippen MR) is 55.2 cm³/mol. The number of carboxylic acids is 1. The molecule has 1 saturated carbocycles. The first-order chi connectivity index (χ1) is 6.56. The quantitative estimate of drug-likeness (QED) is 0.882. The highest BCUT2D eigenvalue weighted by atomic mass is 79.9. The third kappa shape index (κ3) is 1.34. The van der Waals surface area contributed by atoms with Crippen LogP contribution < -0.4 is 0 Å². The van der Waals surface area contributed by atoms with Crippen LogP contribution in [0.25, 0.3) is 0 Å². The number of halogens is 1. The van der Waals surface area contributed by atoms with Crippen molar-refractivity contribution in [2.24, 2.45) is 0 Å². The Kier molecular flexibility index (Phi) is 2.10. The lowest BCUT2D eigenvalue weighted by molar-refractivity contribution is -0.140. The summed E-state index contributed by atoms with van der Waals surface area (Å²) in [6.45, 7) is 1.93. The molecule has 3 nitrogen and oxygen atoms in total. The Hall–Kier alpha value is -0.900. The normalized spacial score (nSPS) is 17.9. The maximum Gasteiger partial charge on any atom is 0.315 e. The Labute approximate surface area is 90.3 Å². The second-order valence-corrected chi connectivity index (χ2v) is 4.58. The molecule has 0 radical (unpaired) electrons. The average Bonchev–Trinajstić information content (AvgIpc) is 2.84. The van der Waals surface area contributed by atoms with Crippen LogP contribution in [0, 0.1) is 6.92 Å². The minimum Gasteiger partial charge on any atom is -0.481 e. The highest BCUT2D eigenvalue weighted by molar-refractivity contribution is 9.10. The number of pyridine rings is 1. The van der Waals surface area contributed by atoms with Crippen molar-refractivity contribution < 1.29 is 9.90 Å². The second-order valence-electron chi connectivity index (χ2n) is 3.73. The monoisotopic (exact) mass is 255 g/mol. The topological polar surface area (TPSA) is 50.2 Å². The van der Waals surface area contributed by atoms with E-state index in [1.165, 1.54) is 0 Å². The molecule has 0 aliphatic heterocycles. The van der Waals surface area contributed by atoms with Crippen LogP contribution in [0.2, 0.25) is 0 Å². The molecule has 0 atom stereocenters. The summed E-state index contributed by atoms with van der Waals surface area (Å²) < 4.78 is 0.803. The first kappa shape index (κ1) is 9.65. The van der Waals surface area contributed by atoms with Crippen LogP contribution in [0.5, 0.6) is 0 Å². The van der Waals surface area contributed by atoms with Gasteiger partial charge in [0.05, 0.1) is 5.69 Å². The van der Waals surface area contributed by atoms with Crippen molar-refractivity contribution in [3.8, 4) is 0 Å². The average molecular weight is 256 g/mol. The molecule has 1 fully saturated rings. The summed E-state index contributed by atoms with van der Waals surface area (Å²) in [5.74, 6) is -0.769. The predicted octanol–water partition coefficient (Wildman–Crippen LogP) is 2.27. The molecule has 0 bridgehead atoms. The molecular formula is C10H10BrNO2. The van der Waals surface area contributed by atoms with Crippen LogP contribution >= 0.6 is 15.9 Å². The van der Waals surface area contributed by atoms with Gasteiger partial charge in [0.1, 0.15) is 5.41 Å². The Morgan fingerprint density at radius 3 is 2.71 bits per heavy atom. The SMILES string of the molecule is Cc1cnc(C2(C(=O)O)CC2)c(Br)c1.